The Morgan fingerprint density at radius 2 is 1.94 bits per heavy atom. The zero-order valence-corrected chi connectivity index (χ0v) is 9.18. The lowest BCUT2D eigenvalue weighted by molar-refractivity contribution is -0.121. The Labute approximate surface area is 98.4 Å². The number of hydrogen-bond acceptors (Lipinski definition) is 4. The molecule has 6 heteroatoms. The van der Waals surface area contributed by atoms with Gasteiger partial charge in [-0.15, -0.1) is 0 Å². The number of primary amides is 1. The number of benzene rings is 1. The first-order valence-corrected chi connectivity index (χ1v) is 5.03. The molecular formula is C11H14N2O4. The van der Waals surface area contributed by atoms with Crippen molar-refractivity contribution in [3.05, 3.63) is 29.8 Å². The summed E-state index contributed by atoms with van der Waals surface area (Å²) in [6, 6.07) is 6.04. The number of ether oxygens (including phenoxy) is 1. The van der Waals surface area contributed by atoms with Crippen molar-refractivity contribution in [1.29, 1.82) is 0 Å². The standard InChI is InChI=1S/C11H14N2O4/c12-11(16)13-10(15)7-17-9-3-1-8(2-4-9)5-6-14/h1-4,14H,5-7H2,(H3,12,13,15,16). The fraction of sp³-hybridized carbons (Fsp3) is 0.273. The number of nitrogens with one attached hydrogen (secondary N) is 1. The van der Waals surface area contributed by atoms with E-state index in [4.69, 9.17) is 15.6 Å². The number of carbonyl (C=O) groups excluding carboxylic acids is 2. The number of imide groups is 1. The Morgan fingerprint density at radius 3 is 2.47 bits per heavy atom. The van der Waals surface area contributed by atoms with Crippen molar-refractivity contribution in [1.82, 2.24) is 5.32 Å². The third-order valence-corrected chi connectivity index (χ3v) is 1.96. The van der Waals surface area contributed by atoms with Gasteiger partial charge in [0.1, 0.15) is 5.75 Å². The lowest BCUT2D eigenvalue weighted by Gasteiger charge is -2.06. The molecular weight excluding hydrogens is 224 g/mol. The maximum Gasteiger partial charge on any atom is 0.318 e. The number of hydrogen-bond donors (Lipinski definition) is 3. The minimum atomic E-state index is -0.906. The van der Waals surface area contributed by atoms with Gasteiger partial charge in [0.25, 0.3) is 5.91 Å². The molecule has 0 aliphatic heterocycles. The summed E-state index contributed by atoms with van der Waals surface area (Å²) in [6.07, 6.45) is 0.572. The van der Waals surface area contributed by atoms with Crippen LogP contribution in [0.4, 0.5) is 4.79 Å². The minimum absolute atomic E-state index is 0.0845. The fourth-order valence-corrected chi connectivity index (χ4v) is 1.20. The van der Waals surface area contributed by atoms with Gasteiger partial charge in [0, 0.05) is 6.61 Å². The summed E-state index contributed by atoms with van der Waals surface area (Å²) in [6.45, 7) is -0.191. The van der Waals surface area contributed by atoms with Crippen molar-refractivity contribution in [3.63, 3.8) is 0 Å². The number of aliphatic hydroxyl groups is 1. The highest BCUT2D eigenvalue weighted by Gasteiger charge is 2.04. The molecule has 0 aliphatic rings. The molecule has 0 saturated carbocycles. The van der Waals surface area contributed by atoms with E-state index in [-0.39, 0.29) is 13.2 Å². The van der Waals surface area contributed by atoms with Crippen LogP contribution >= 0.6 is 0 Å². The maximum absolute atomic E-state index is 11.0. The van der Waals surface area contributed by atoms with Gasteiger partial charge in [0.2, 0.25) is 0 Å². The molecule has 0 unspecified atom stereocenters. The molecule has 17 heavy (non-hydrogen) atoms. The first-order valence-electron chi connectivity index (χ1n) is 5.03. The minimum Gasteiger partial charge on any atom is -0.484 e. The first kappa shape index (κ1) is 13.0. The Hall–Kier alpha value is -2.08. The van der Waals surface area contributed by atoms with Crippen molar-refractivity contribution in [2.75, 3.05) is 13.2 Å². The summed E-state index contributed by atoms with van der Waals surface area (Å²) in [4.78, 5) is 21.4. The largest absolute Gasteiger partial charge is 0.484 e. The van der Waals surface area contributed by atoms with Gasteiger partial charge in [-0.2, -0.15) is 0 Å². The molecule has 1 aromatic carbocycles. The smallest absolute Gasteiger partial charge is 0.318 e. The molecule has 0 fully saturated rings. The van der Waals surface area contributed by atoms with Crippen LogP contribution in [0, 0.1) is 0 Å². The highest BCUT2D eigenvalue weighted by atomic mass is 16.5. The van der Waals surface area contributed by atoms with Gasteiger partial charge < -0.3 is 15.6 Å². The average molecular weight is 238 g/mol. The van der Waals surface area contributed by atoms with E-state index in [1.165, 1.54) is 0 Å². The molecule has 0 heterocycles. The monoisotopic (exact) mass is 238 g/mol. The van der Waals surface area contributed by atoms with Gasteiger partial charge in [-0.05, 0) is 24.1 Å². The summed E-state index contributed by atoms with van der Waals surface area (Å²) >= 11 is 0. The number of nitrogens with two attached hydrogens (primary N) is 1. The Morgan fingerprint density at radius 1 is 1.29 bits per heavy atom. The molecule has 0 aliphatic carbocycles. The van der Waals surface area contributed by atoms with Crippen LogP contribution in [0.15, 0.2) is 24.3 Å². The lowest BCUT2D eigenvalue weighted by Crippen LogP contribution is -2.38. The number of aliphatic hydroxyl groups excluding tert-OH is 1. The van der Waals surface area contributed by atoms with Gasteiger partial charge in [-0.3, -0.25) is 10.1 Å². The van der Waals surface area contributed by atoms with Crippen LogP contribution in [0.1, 0.15) is 5.56 Å². The Bertz CT molecular complexity index is 389. The average Bonchev–Trinajstić information content (AvgIpc) is 2.28. The van der Waals surface area contributed by atoms with Crippen LogP contribution in [0.3, 0.4) is 0 Å². The van der Waals surface area contributed by atoms with E-state index in [1.807, 2.05) is 5.32 Å². The number of rotatable bonds is 5. The van der Waals surface area contributed by atoms with Crippen molar-refractivity contribution < 1.29 is 19.4 Å². The van der Waals surface area contributed by atoms with Crippen LogP contribution in [0.5, 0.6) is 5.75 Å². The maximum atomic E-state index is 11.0. The second-order valence-corrected chi connectivity index (χ2v) is 3.32. The van der Waals surface area contributed by atoms with E-state index in [2.05, 4.69) is 0 Å². The van der Waals surface area contributed by atoms with Crippen molar-refractivity contribution in [2.45, 2.75) is 6.42 Å². The number of amides is 3. The number of carbonyl (C=O) groups is 2. The second-order valence-electron chi connectivity index (χ2n) is 3.32. The van der Waals surface area contributed by atoms with Gasteiger partial charge >= 0.3 is 6.03 Å². The van der Waals surface area contributed by atoms with Crippen molar-refractivity contribution >= 4 is 11.9 Å². The van der Waals surface area contributed by atoms with Gasteiger partial charge in [0.15, 0.2) is 6.61 Å². The first-order chi connectivity index (χ1) is 8.11. The van der Waals surface area contributed by atoms with Crippen LogP contribution < -0.4 is 15.8 Å². The Kier molecular flexibility index (Phi) is 4.96. The van der Waals surface area contributed by atoms with Crippen LogP contribution in [0.2, 0.25) is 0 Å². The molecule has 1 rings (SSSR count). The molecule has 0 atom stereocenters. The highest BCUT2D eigenvalue weighted by Crippen LogP contribution is 2.12. The quantitative estimate of drug-likeness (QED) is 0.660. The third-order valence-electron chi connectivity index (χ3n) is 1.96. The fourth-order valence-electron chi connectivity index (χ4n) is 1.20. The van der Waals surface area contributed by atoms with Gasteiger partial charge in [-0.1, -0.05) is 12.1 Å². The van der Waals surface area contributed by atoms with Crippen LogP contribution in [-0.4, -0.2) is 30.3 Å². The van der Waals surface area contributed by atoms with Crippen LogP contribution in [0.25, 0.3) is 0 Å². The van der Waals surface area contributed by atoms with Crippen molar-refractivity contribution in [3.8, 4) is 5.75 Å². The molecule has 0 radical (unpaired) electrons. The normalized spacial score (nSPS) is 9.71. The van der Waals surface area contributed by atoms with E-state index in [1.54, 1.807) is 24.3 Å². The van der Waals surface area contributed by atoms with E-state index in [0.29, 0.717) is 12.2 Å². The molecule has 0 aromatic heterocycles. The summed E-state index contributed by atoms with van der Waals surface area (Å²) in [5.74, 6) is -0.0942. The third kappa shape index (κ3) is 4.98. The van der Waals surface area contributed by atoms with E-state index < -0.39 is 11.9 Å². The molecule has 0 bridgehead atoms. The van der Waals surface area contributed by atoms with Crippen LogP contribution in [-0.2, 0) is 11.2 Å². The molecule has 92 valence electrons. The van der Waals surface area contributed by atoms with E-state index >= 15 is 0 Å². The zero-order valence-electron chi connectivity index (χ0n) is 9.18. The predicted octanol–water partition coefficient (Wildman–Crippen LogP) is -0.205. The molecule has 6 nitrogen and oxygen atoms in total. The summed E-state index contributed by atoms with van der Waals surface area (Å²) < 4.78 is 5.12. The summed E-state index contributed by atoms with van der Waals surface area (Å²) in [5, 5.41) is 10.6. The second kappa shape index (κ2) is 6.49. The molecule has 4 N–H and O–H groups in total. The van der Waals surface area contributed by atoms with Crippen molar-refractivity contribution in [2.24, 2.45) is 5.73 Å². The lowest BCUT2D eigenvalue weighted by atomic mass is 10.1. The summed E-state index contributed by atoms with van der Waals surface area (Å²) in [7, 11) is 0. The molecule has 1 aromatic rings. The topological polar surface area (TPSA) is 102 Å². The number of urea groups is 1. The zero-order chi connectivity index (χ0) is 12.7. The van der Waals surface area contributed by atoms with E-state index in [9.17, 15) is 9.59 Å². The SMILES string of the molecule is NC(=O)NC(=O)COc1ccc(CCO)cc1. The predicted molar refractivity (Wildman–Crippen MR) is 60.5 cm³/mol. The molecule has 0 spiro atoms. The Balaban J connectivity index is 2.41. The van der Waals surface area contributed by atoms with E-state index in [0.717, 1.165) is 5.56 Å². The molecule has 0 saturated heterocycles. The van der Waals surface area contributed by atoms with Gasteiger partial charge in [0.05, 0.1) is 0 Å². The van der Waals surface area contributed by atoms with Gasteiger partial charge in [-0.25, -0.2) is 4.79 Å². The summed E-state index contributed by atoms with van der Waals surface area (Å²) in [5.41, 5.74) is 5.74. The molecule has 3 amide bonds. The highest BCUT2D eigenvalue weighted by molar-refractivity contribution is 5.94.